The van der Waals surface area contributed by atoms with Gasteiger partial charge in [-0.05, 0) is 6.07 Å². The van der Waals surface area contributed by atoms with Crippen molar-refractivity contribution in [2.24, 2.45) is 0 Å². The zero-order chi connectivity index (χ0) is 11.4. The number of rotatable bonds is 4. The predicted molar refractivity (Wildman–Crippen MR) is 49.0 cm³/mol. The molecule has 0 atom stereocenters. The van der Waals surface area contributed by atoms with Crippen LogP contribution in [0.1, 0.15) is 10.4 Å². The van der Waals surface area contributed by atoms with Gasteiger partial charge in [0.25, 0.3) is 0 Å². The van der Waals surface area contributed by atoms with Gasteiger partial charge in [-0.3, -0.25) is 0 Å². The van der Waals surface area contributed by atoms with Gasteiger partial charge in [0.2, 0.25) is 0 Å². The molecule has 0 aliphatic heterocycles. The number of carboxylic acids is 1. The molecule has 0 heterocycles. The zero-order valence-corrected chi connectivity index (χ0v) is 7.67. The number of carbonyl (C=O) groups is 1. The molecule has 0 aliphatic carbocycles. The highest BCUT2D eigenvalue weighted by molar-refractivity contribution is 5.90. The maximum atomic E-state index is 13.1. The summed E-state index contributed by atoms with van der Waals surface area (Å²) >= 11 is 0. The maximum Gasteiger partial charge on any atom is 0.339 e. The highest BCUT2D eigenvalue weighted by atomic mass is 19.1. The van der Waals surface area contributed by atoms with Crippen LogP contribution in [0.15, 0.2) is 24.8 Å². The first-order chi connectivity index (χ1) is 7.06. The summed E-state index contributed by atoms with van der Waals surface area (Å²) in [6.07, 6.45) is 1.33. The summed E-state index contributed by atoms with van der Waals surface area (Å²) in [6, 6.07) is 1.26. The van der Waals surface area contributed by atoms with Gasteiger partial charge in [-0.15, -0.1) is 0 Å². The second kappa shape index (κ2) is 4.54. The molecule has 0 saturated heterocycles. The molecule has 80 valence electrons. The molecule has 15 heavy (non-hydrogen) atoms. The van der Waals surface area contributed by atoms with E-state index < -0.39 is 28.9 Å². The highest BCUT2D eigenvalue weighted by Gasteiger charge is 2.17. The standard InChI is InChI=1S/C10H8F2O3/c1-2-3-15-9-7(10(13)14)4-6(11)5-8(9)12/h2,4-5H,1,3H2,(H,13,14). The average Bonchev–Trinajstić information content (AvgIpc) is 2.15. The van der Waals surface area contributed by atoms with Crippen LogP contribution >= 0.6 is 0 Å². The monoisotopic (exact) mass is 214 g/mol. The summed E-state index contributed by atoms with van der Waals surface area (Å²) in [5.74, 6) is -3.94. The van der Waals surface area contributed by atoms with Crippen molar-refractivity contribution in [2.75, 3.05) is 6.61 Å². The van der Waals surface area contributed by atoms with Crippen LogP contribution in [-0.4, -0.2) is 17.7 Å². The molecule has 3 nitrogen and oxygen atoms in total. The van der Waals surface area contributed by atoms with Gasteiger partial charge in [-0.2, -0.15) is 0 Å². The molecule has 5 heteroatoms. The van der Waals surface area contributed by atoms with Gasteiger partial charge in [0.1, 0.15) is 18.0 Å². The molecule has 0 unspecified atom stereocenters. The fourth-order valence-corrected chi connectivity index (χ4v) is 1.01. The van der Waals surface area contributed by atoms with Crippen LogP contribution in [0.3, 0.4) is 0 Å². The maximum absolute atomic E-state index is 13.1. The van der Waals surface area contributed by atoms with Gasteiger partial charge < -0.3 is 9.84 Å². The molecule has 1 aromatic carbocycles. The topological polar surface area (TPSA) is 46.5 Å². The van der Waals surface area contributed by atoms with Crippen molar-refractivity contribution in [3.05, 3.63) is 42.0 Å². The molecule has 0 spiro atoms. The number of ether oxygens (including phenoxy) is 1. The number of benzene rings is 1. The van der Waals surface area contributed by atoms with Crippen LogP contribution in [0, 0.1) is 11.6 Å². The number of hydrogen-bond acceptors (Lipinski definition) is 2. The van der Waals surface area contributed by atoms with E-state index in [1.807, 2.05) is 0 Å². The fraction of sp³-hybridized carbons (Fsp3) is 0.100. The Labute approximate surface area is 84.6 Å². The van der Waals surface area contributed by atoms with Crippen molar-refractivity contribution in [3.63, 3.8) is 0 Å². The van der Waals surface area contributed by atoms with Gasteiger partial charge in [0, 0.05) is 6.07 Å². The summed E-state index contributed by atoms with van der Waals surface area (Å²) in [5.41, 5.74) is -0.547. The minimum atomic E-state index is -1.45. The van der Waals surface area contributed by atoms with Crippen LogP contribution in [0.25, 0.3) is 0 Å². The van der Waals surface area contributed by atoms with E-state index in [4.69, 9.17) is 9.84 Å². The first kappa shape index (κ1) is 11.2. The van der Waals surface area contributed by atoms with E-state index in [1.165, 1.54) is 6.08 Å². The molecule has 1 aromatic rings. The summed E-state index contributed by atoms with van der Waals surface area (Å²) in [4.78, 5) is 10.7. The lowest BCUT2D eigenvalue weighted by atomic mass is 10.2. The van der Waals surface area contributed by atoms with Crippen LogP contribution in [-0.2, 0) is 0 Å². The summed E-state index contributed by atoms with van der Waals surface area (Å²) < 4.78 is 30.6. The van der Waals surface area contributed by atoms with Crippen LogP contribution < -0.4 is 4.74 Å². The van der Waals surface area contributed by atoms with Crippen LogP contribution in [0.4, 0.5) is 8.78 Å². The van der Waals surface area contributed by atoms with Crippen molar-refractivity contribution < 1.29 is 23.4 Å². The average molecular weight is 214 g/mol. The van der Waals surface area contributed by atoms with Crippen molar-refractivity contribution in [1.29, 1.82) is 0 Å². The van der Waals surface area contributed by atoms with E-state index in [1.54, 1.807) is 0 Å². The lowest BCUT2D eigenvalue weighted by molar-refractivity contribution is 0.0691. The molecule has 0 saturated carbocycles. The number of aromatic carboxylic acids is 1. The van der Waals surface area contributed by atoms with E-state index >= 15 is 0 Å². The second-order valence-electron chi connectivity index (χ2n) is 2.67. The minimum Gasteiger partial charge on any atom is -0.486 e. The third-order valence-electron chi connectivity index (χ3n) is 1.58. The third kappa shape index (κ3) is 2.52. The Hall–Kier alpha value is -1.91. The Bertz CT molecular complexity index is 402. The normalized spacial score (nSPS) is 9.73. The molecule has 0 aliphatic rings. The minimum absolute atomic E-state index is 0.0527. The lowest BCUT2D eigenvalue weighted by Gasteiger charge is -2.08. The van der Waals surface area contributed by atoms with E-state index in [9.17, 15) is 13.6 Å². The number of hydrogen-bond donors (Lipinski definition) is 1. The van der Waals surface area contributed by atoms with Crippen molar-refractivity contribution in [1.82, 2.24) is 0 Å². The van der Waals surface area contributed by atoms with Gasteiger partial charge in [-0.25, -0.2) is 13.6 Å². The van der Waals surface area contributed by atoms with Gasteiger partial charge in [-0.1, -0.05) is 12.7 Å². The Morgan fingerprint density at radius 3 is 2.73 bits per heavy atom. The molecule has 0 amide bonds. The fourth-order valence-electron chi connectivity index (χ4n) is 1.01. The number of carboxylic acid groups (broad SMARTS) is 1. The first-order valence-electron chi connectivity index (χ1n) is 4.02. The summed E-state index contributed by atoms with van der Waals surface area (Å²) in [6.45, 7) is 3.28. The molecule has 0 fully saturated rings. The van der Waals surface area contributed by atoms with Crippen LogP contribution in [0.5, 0.6) is 5.75 Å². The summed E-state index contributed by atoms with van der Waals surface area (Å²) in [5, 5.41) is 8.67. The molecule has 0 bridgehead atoms. The third-order valence-corrected chi connectivity index (χ3v) is 1.58. The molecular formula is C10H8F2O3. The lowest BCUT2D eigenvalue weighted by Crippen LogP contribution is -2.06. The van der Waals surface area contributed by atoms with E-state index in [-0.39, 0.29) is 6.61 Å². The van der Waals surface area contributed by atoms with E-state index in [2.05, 4.69) is 6.58 Å². The SMILES string of the molecule is C=CCOc1c(F)cc(F)cc1C(=O)O. The second-order valence-corrected chi connectivity index (χ2v) is 2.67. The van der Waals surface area contributed by atoms with E-state index in [0.717, 1.165) is 0 Å². The molecule has 0 aromatic heterocycles. The highest BCUT2D eigenvalue weighted by Crippen LogP contribution is 2.24. The summed E-state index contributed by atoms with van der Waals surface area (Å²) in [7, 11) is 0. The molecule has 1 rings (SSSR count). The van der Waals surface area contributed by atoms with Crippen molar-refractivity contribution in [3.8, 4) is 5.75 Å². The van der Waals surface area contributed by atoms with Gasteiger partial charge in [0.05, 0.1) is 0 Å². The number of halogens is 2. The van der Waals surface area contributed by atoms with Gasteiger partial charge >= 0.3 is 5.97 Å². The Balaban J connectivity index is 3.20. The Morgan fingerprint density at radius 1 is 1.53 bits per heavy atom. The Kier molecular flexibility index (Phi) is 3.38. The molecule has 0 radical (unpaired) electrons. The predicted octanol–water partition coefficient (Wildman–Crippen LogP) is 2.23. The molecule has 1 N–H and O–H groups in total. The quantitative estimate of drug-likeness (QED) is 0.781. The van der Waals surface area contributed by atoms with Gasteiger partial charge in [0.15, 0.2) is 11.6 Å². The van der Waals surface area contributed by atoms with Crippen LogP contribution in [0.2, 0.25) is 0 Å². The largest absolute Gasteiger partial charge is 0.486 e. The zero-order valence-electron chi connectivity index (χ0n) is 7.67. The van der Waals surface area contributed by atoms with E-state index in [0.29, 0.717) is 12.1 Å². The van der Waals surface area contributed by atoms with Crippen molar-refractivity contribution >= 4 is 5.97 Å². The van der Waals surface area contributed by atoms with Crippen molar-refractivity contribution in [2.45, 2.75) is 0 Å². The Morgan fingerprint density at radius 2 is 2.20 bits per heavy atom. The smallest absolute Gasteiger partial charge is 0.339 e. The first-order valence-corrected chi connectivity index (χ1v) is 4.02. The molecular weight excluding hydrogens is 206 g/mol.